The van der Waals surface area contributed by atoms with Crippen LogP contribution in [0.1, 0.15) is 24.5 Å². The molecule has 6 nitrogen and oxygen atoms in total. The second-order valence-corrected chi connectivity index (χ2v) is 6.48. The van der Waals surface area contributed by atoms with Crippen LogP contribution < -0.4 is 10.1 Å². The van der Waals surface area contributed by atoms with Gasteiger partial charge in [-0.15, -0.1) is 0 Å². The first-order valence-corrected chi connectivity index (χ1v) is 8.66. The van der Waals surface area contributed by atoms with Crippen LogP contribution in [0.2, 0.25) is 0 Å². The van der Waals surface area contributed by atoms with E-state index in [0.29, 0.717) is 5.75 Å². The second-order valence-electron chi connectivity index (χ2n) is 5.63. The number of rotatable bonds is 7. The molecular weight excluding hydrogens is 388 g/mol. The van der Waals surface area contributed by atoms with Crippen molar-refractivity contribution in [3.63, 3.8) is 0 Å². The maximum Gasteiger partial charge on any atom is 0.293 e. The zero-order valence-electron chi connectivity index (χ0n) is 14.0. The molecule has 0 aliphatic heterocycles. The zero-order valence-corrected chi connectivity index (χ0v) is 15.6. The molecule has 0 radical (unpaired) electrons. The lowest BCUT2D eigenvalue weighted by molar-refractivity contribution is -0.384. The molecule has 2 aromatic carbocycles. The molecule has 0 heterocycles. The minimum absolute atomic E-state index is 0.140. The number of benzene rings is 2. The van der Waals surface area contributed by atoms with Crippen LogP contribution in [-0.2, 0) is 11.2 Å². The maximum absolute atomic E-state index is 12.1. The first-order chi connectivity index (χ1) is 11.9. The highest BCUT2D eigenvalue weighted by atomic mass is 79.9. The molecule has 0 saturated carbocycles. The zero-order chi connectivity index (χ0) is 18.4. The Morgan fingerprint density at radius 3 is 2.68 bits per heavy atom. The van der Waals surface area contributed by atoms with Crippen LogP contribution >= 0.6 is 15.9 Å². The summed E-state index contributed by atoms with van der Waals surface area (Å²) >= 11 is 3.43. The number of ether oxygens (including phenoxy) is 1. The third-order valence-electron chi connectivity index (χ3n) is 3.52. The van der Waals surface area contributed by atoms with Crippen molar-refractivity contribution in [3.05, 3.63) is 62.1 Å². The summed E-state index contributed by atoms with van der Waals surface area (Å²) < 4.78 is 6.27. The Balaban J connectivity index is 2.01. The average molecular weight is 407 g/mol. The van der Waals surface area contributed by atoms with Gasteiger partial charge in [0.15, 0.2) is 6.61 Å². The summed E-state index contributed by atoms with van der Waals surface area (Å²) in [6.07, 6.45) is 2.01. The highest BCUT2D eigenvalue weighted by Crippen LogP contribution is 2.27. The lowest BCUT2D eigenvalue weighted by Crippen LogP contribution is -2.21. The number of halogens is 1. The summed E-state index contributed by atoms with van der Waals surface area (Å²) in [6.45, 7) is 3.62. The van der Waals surface area contributed by atoms with Crippen molar-refractivity contribution < 1.29 is 14.5 Å². The summed E-state index contributed by atoms with van der Waals surface area (Å²) in [7, 11) is 0. The van der Waals surface area contributed by atoms with E-state index in [1.54, 1.807) is 19.1 Å². The van der Waals surface area contributed by atoms with Crippen molar-refractivity contribution in [1.29, 1.82) is 0 Å². The third kappa shape index (κ3) is 5.29. The fourth-order valence-electron chi connectivity index (χ4n) is 2.33. The molecule has 2 rings (SSSR count). The quantitative estimate of drug-likeness (QED) is 0.536. The molecular formula is C18H19BrN2O4. The lowest BCUT2D eigenvalue weighted by atomic mass is 10.1. The number of carbonyl (C=O) groups excluding carboxylic acids is 1. The van der Waals surface area contributed by atoms with Crippen molar-refractivity contribution in [2.75, 3.05) is 11.9 Å². The second kappa shape index (κ2) is 8.62. The van der Waals surface area contributed by atoms with Crippen LogP contribution in [0.4, 0.5) is 11.4 Å². The molecule has 0 atom stereocenters. The molecule has 7 heteroatoms. The van der Waals surface area contributed by atoms with Gasteiger partial charge in [-0.25, -0.2) is 0 Å². The van der Waals surface area contributed by atoms with E-state index < -0.39 is 10.8 Å². The number of hydrogen-bond acceptors (Lipinski definition) is 4. The summed E-state index contributed by atoms with van der Waals surface area (Å²) in [5.41, 5.74) is 1.94. The van der Waals surface area contributed by atoms with Crippen molar-refractivity contribution in [1.82, 2.24) is 0 Å². The Morgan fingerprint density at radius 2 is 2.04 bits per heavy atom. The van der Waals surface area contributed by atoms with Crippen LogP contribution in [0.3, 0.4) is 0 Å². The van der Waals surface area contributed by atoms with Crippen molar-refractivity contribution >= 4 is 33.2 Å². The van der Waals surface area contributed by atoms with E-state index in [1.807, 2.05) is 12.1 Å². The van der Waals surface area contributed by atoms with Gasteiger partial charge < -0.3 is 10.1 Å². The molecule has 0 fully saturated rings. The van der Waals surface area contributed by atoms with Crippen LogP contribution in [0.25, 0.3) is 0 Å². The number of hydrogen-bond donors (Lipinski definition) is 1. The van der Waals surface area contributed by atoms with Gasteiger partial charge in [0.05, 0.1) is 9.40 Å². The van der Waals surface area contributed by atoms with E-state index in [9.17, 15) is 14.9 Å². The molecule has 1 amide bonds. The predicted molar refractivity (Wildman–Crippen MR) is 100 cm³/mol. The number of nitro benzene ring substituents is 1. The molecule has 132 valence electrons. The normalized spacial score (nSPS) is 10.4. The monoisotopic (exact) mass is 406 g/mol. The highest BCUT2D eigenvalue weighted by Gasteiger charge is 2.16. The minimum atomic E-state index is -0.521. The fourth-order valence-corrected chi connectivity index (χ4v) is 2.87. The lowest BCUT2D eigenvalue weighted by Gasteiger charge is -2.10. The largest absolute Gasteiger partial charge is 0.483 e. The SMILES string of the molecule is CCCc1ccc(OCC(=O)Nc2ccc(C)cc2[N+](=O)[O-])c(Br)c1. The molecule has 0 unspecified atom stereocenters. The van der Waals surface area contributed by atoms with Crippen LogP contribution in [0, 0.1) is 17.0 Å². The maximum atomic E-state index is 12.1. The standard InChI is InChI=1S/C18H19BrN2O4/c1-3-4-13-6-8-17(14(19)10-13)25-11-18(22)20-15-7-5-12(2)9-16(15)21(23)24/h5-10H,3-4,11H2,1-2H3,(H,20,22). The van der Waals surface area contributed by atoms with Crippen LogP contribution in [0.15, 0.2) is 40.9 Å². The first kappa shape index (κ1) is 18.9. The smallest absolute Gasteiger partial charge is 0.293 e. The molecule has 0 aliphatic rings. The molecule has 0 saturated heterocycles. The van der Waals surface area contributed by atoms with Gasteiger partial charge in [-0.2, -0.15) is 0 Å². The number of nitrogens with one attached hydrogen (secondary N) is 1. The van der Waals surface area contributed by atoms with E-state index in [4.69, 9.17) is 4.74 Å². The molecule has 2 aromatic rings. The Morgan fingerprint density at radius 1 is 1.28 bits per heavy atom. The number of carbonyl (C=O) groups is 1. The number of amides is 1. The fraction of sp³-hybridized carbons (Fsp3) is 0.278. The predicted octanol–water partition coefficient (Wildman–Crippen LogP) is 4.64. The van der Waals surface area contributed by atoms with Gasteiger partial charge in [-0.1, -0.05) is 25.5 Å². The molecule has 25 heavy (non-hydrogen) atoms. The number of nitro groups is 1. The summed E-state index contributed by atoms with van der Waals surface area (Å²) in [5.74, 6) is 0.0879. The summed E-state index contributed by atoms with van der Waals surface area (Å²) in [4.78, 5) is 22.6. The van der Waals surface area contributed by atoms with Crippen molar-refractivity contribution in [3.8, 4) is 5.75 Å². The van der Waals surface area contributed by atoms with Crippen LogP contribution in [0.5, 0.6) is 5.75 Å². The summed E-state index contributed by atoms with van der Waals surface area (Å²) in [6, 6.07) is 10.3. The molecule has 0 aliphatic carbocycles. The third-order valence-corrected chi connectivity index (χ3v) is 4.14. The van der Waals surface area contributed by atoms with Gasteiger partial charge in [-0.05, 0) is 58.6 Å². The molecule has 0 spiro atoms. The first-order valence-electron chi connectivity index (χ1n) is 7.86. The van der Waals surface area contributed by atoms with Crippen LogP contribution in [-0.4, -0.2) is 17.4 Å². The van der Waals surface area contributed by atoms with Gasteiger partial charge in [0.2, 0.25) is 0 Å². The Hall–Kier alpha value is -2.41. The number of nitrogens with zero attached hydrogens (tertiary/aromatic N) is 1. The molecule has 0 aromatic heterocycles. The average Bonchev–Trinajstić information content (AvgIpc) is 2.56. The highest BCUT2D eigenvalue weighted by molar-refractivity contribution is 9.10. The minimum Gasteiger partial charge on any atom is -0.483 e. The van der Waals surface area contributed by atoms with E-state index in [1.165, 1.54) is 17.7 Å². The van der Waals surface area contributed by atoms with Gasteiger partial charge in [0, 0.05) is 6.07 Å². The van der Waals surface area contributed by atoms with Crippen molar-refractivity contribution in [2.45, 2.75) is 26.7 Å². The van der Waals surface area contributed by atoms with Crippen molar-refractivity contribution in [2.24, 2.45) is 0 Å². The van der Waals surface area contributed by atoms with E-state index in [0.717, 1.165) is 22.9 Å². The van der Waals surface area contributed by atoms with E-state index >= 15 is 0 Å². The summed E-state index contributed by atoms with van der Waals surface area (Å²) in [5, 5.41) is 13.6. The topological polar surface area (TPSA) is 81.5 Å². The molecule has 0 bridgehead atoms. The number of anilines is 1. The number of aryl methyl sites for hydroxylation is 2. The van der Waals surface area contributed by atoms with Gasteiger partial charge in [0.1, 0.15) is 11.4 Å². The Bertz CT molecular complexity index is 793. The van der Waals surface area contributed by atoms with Gasteiger partial charge in [0.25, 0.3) is 11.6 Å². The van der Waals surface area contributed by atoms with Gasteiger partial charge in [-0.3, -0.25) is 14.9 Å². The Kier molecular flexibility index (Phi) is 6.52. The van der Waals surface area contributed by atoms with Gasteiger partial charge >= 0.3 is 0 Å². The Labute approximate surface area is 154 Å². The van der Waals surface area contributed by atoms with E-state index in [-0.39, 0.29) is 18.0 Å². The van der Waals surface area contributed by atoms with E-state index in [2.05, 4.69) is 28.2 Å². The molecule has 1 N–H and O–H groups in total.